The van der Waals surface area contributed by atoms with Crippen molar-refractivity contribution in [1.29, 1.82) is 0 Å². The van der Waals surface area contributed by atoms with Gasteiger partial charge in [0.05, 0.1) is 12.2 Å². The largest absolute Gasteiger partial charge is 0.392 e. The lowest BCUT2D eigenvalue weighted by Gasteiger charge is -2.59. The van der Waals surface area contributed by atoms with E-state index in [1.165, 1.54) is 32.1 Å². The lowest BCUT2D eigenvalue weighted by atomic mass is 9.47. The summed E-state index contributed by atoms with van der Waals surface area (Å²) in [6.45, 7) is 14.4. The number of methoxy groups -OCH3 is 1. The molecule has 2 heteroatoms. The Hall–Kier alpha value is -0.600. The fraction of sp³-hybridized carbons (Fsp3) is 0.862. The number of hydrogen-bond acceptors (Lipinski definition) is 2. The fourth-order valence-corrected chi connectivity index (χ4v) is 8.42. The van der Waals surface area contributed by atoms with E-state index in [9.17, 15) is 5.11 Å². The lowest BCUT2D eigenvalue weighted by Crippen LogP contribution is -2.55. The van der Waals surface area contributed by atoms with E-state index in [4.69, 9.17) is 4.74 Å². The highest BCUT2D eigenvalue weighted by molar-refractivity contribution is 5.30. The normalized spacial score (nSPS) is 46.9. The summed E-state index contributed by atoms with van der Waals surface area (Å²) in [6.07, 6.45) is 16.1. The van der Waals surface area contributed by atoms with Crippen LogP contribution in [0.15, 0.2) is 23.8 Å². The molecule has 31 heavy (non-hydrogen) atoms. The van der Waals surface area contributed by atoms with Gasteiger partial charge in [-0.1, -0.05) is 65.3 Å². The Bertz CT molecular complexity index is 708. The first-order chi connectivity index (χ1) is 14.6. The maximum atomic E-state index is 11.6. The molecule has 0 aromatic heterocycles. The van der Waals surface area contributed by atoms with Gasteiger partial charge in [0.1, 0.15) is 0 Å². The van der Waals surface area contributed by atoms with Crippen molar-refractivity contribution in [1.82, 2.24) is 0 Å². The topological polar surface area (TPSA) is 29.5 Å². The van der Waals surface area contributed by atoms with Crippen LogP contribution in [0.2, 0.25) is 0 Å². The summed E-state index contributed by atoms with van der Waals surface area (Å²) in [5.41, 5.74) is 2.13. The fourth-order valence-electron chi connectivity index (χ4n) is 8.42. The van der Waals surface area contributed by atoms with Gasteiger partial charge in [0.2, 0.25) is 0 Å². The summed E-state index contributed by atoms with van der Waals surface area (Å²) in [7, 11) is 1.87. The number of aliphatic hydroxyl groups excluding tert-OH is 1. The van der Waals surface area contributed by atoms with Crippen LogP contribution in [0.4, 0.5) is 0 Å². The molecule has 4 rings (SSSR count). The van der Waals surface area contributed by atoms with Gasteiger partial charge in [-0.3, -0.25) is 0 Å². The number of rotatable bonds is 5. The molecular formula is C29H48O2. The molecule has 0 spiro atoms. The molecule has 3 fully saturated rings. The van der Waals surface area contributed by atoms with Crippen LogP contribution in [-0.4, -0.2) is 24.4 Å². The quantitative estimate of drug-likeness (QED) is 0.476. The zero-order valence-corrected chi connectivity index (χ0v) is 21.2. The highest BCUT2D eigenvalue weighted by Gasteiger charge is 2.61. The maximum absolute atomic E-state index is 11.6. The van der Waals surface area contributed by atoms with Crippen molar-refractivity contribution in [3.63, 3.8) is 0 Å². The first-order valence-electron chi connectivity index (χ1n) is 13.2. The van der Waals surface area contributed by atoms with Crippen LogP contribution in [0.5, 0.6) is 0 Å². The first kappa shape index (κ1) is 23.6. The highest BCUT2D eigenvalue weighted by atomic mass is 16.5. The molecule has 0 heterocycles. The lowest BCUT2D eigenvalue weighted by molar-refractivity contribution is -0.103. The van der Waals surface area contributed by atoms with Crippen LogP contribution < -0.4 is 0 Å². The minimum absolute atomic E-state index is 0.189. The third-order valence-corrected chi connectivity index (χ3v) is 10.8. The molecule has 2 nitrogen and oxygen atoms in total. The van der Waals surface area contributed by atoms with Crippen LogP contribution in [0.3, 0.4) is 0 Å². The van der Waals surface area contributed by atoms with Crippen molar-refractivity contribution < 1.29 is 9.84 Å². The zero-order chi connectivity index (χ0) is 22.6. The van der Waals surface area contributed by atoms with Crippen LogP contribution in [0.25, 0.3) is 0 Å². The van der Waals surface area contributed by atoms with Gasteiger partial charge in [-0.05, 0) is 91.3 Å². The number of aliphatic hydroxyl groups is 1. The summed E-state index contributed by atoms with van der Waals surface area (Å²) in [6, 6.07) is 0. The molecule has 176 valence electrons. The predicted octanol–water partition coefficient (Wildman–Crippen LogP) is 7.04. The van der Waals surface area contributed by atoms with Crippen molar-refractivity contribution in [2.24, 2.45) is 52.3 Å². The molecule has 0 aliphatic heterocycles. The summed E-state index contributed by atoms with van der Waals surface area (Å²) in [4.78, 5) is 0. The Morgan fingerprint density at radius 3 is 2.48 bits per heavy atom. The Kier molecular flexibility index (Phi) is 6.56. The molecule has 0 saturated heterocycles. The molecule has 0 aromatic rings. The van der Waals surface area contributed by atoms with Gasteiger partial charge in [-0.25, -0.2) is 0 Å². The van der Waals surface area contributed by atoms with Crippen LogP contribution in [-0.2, 0) is 4.74 Å². The molecule has 3 saturated carbocycles. The van der Waals surface area contributed by atoms with E-state index in [1.54, 1.807) is 5.57 Å². The summed E-state index contributed by atoms with van der Waals surface area (Å²) in [5, 5.41) is 11.6. The van der Waals surface area contributed by atoms with Crippen molar-refractivity contribution in [2.45, 2.75) is 98.7 Å². The summed E-state index contributed by atoms with van der Waals surface area (Å²) < 4.78 is 5.74. The Morgan fingerprint density at radius 2 is 1.81 bits per heavy atom. The van der Waals surface area contributed by atoms with Crippen LogP contribution in [0.1, 0.15) is 86.5 Å². The molecule has 0 aromatic carbocycles. The Balaban J connectivity index is 1.58. The average molecular weight is 429 g/mol. The third kappa shape index (κ3) is 3.88. The van der Waals surface area contributed by atoms with Crippen LogP contribution >= 0.6 is 0 Å². The van der Waals surface area contributed by atoms with Gasteiger partial charge in [-0.15, -0.1) is 0 Å². The van der Waals surface area contributed by atoms with E-state index >= 15 is 0 Å². The van der Waals surface area contributed by atoms with E-state index in [0.29, 0.717) is 47.5 Å². The standard InChI is InChI=1S/C29H48O2/c1-18(2)19(3)8-9-20(4)24-12-13-25-23-11-10-21-16-22(31-7)14-15-28(21,5)27(23)26(30)17-29(24,25)6/h8-9,11,18-22,24-27,30H,10,12-17H2,1-7H3/b9-8+/t19-,20+,21-,22?,24?,25?,26+,27?,28?,29?/m0/s1. The SMILES string of the molecule is COC1CCC2(C)C3C(=CC[C@H]2C1)C1CCC([C@H](C)/C=C/[C@H](C)C(C)C)C1(C)C[C@H]3O. The molecule has 0 radical (unpaired) electrons. The van der Waals surface area contributed by atoms with Crippen molar-refractivity contribution >= 4 is 0 Å². The van der Waals surface area contributed by atoms with E-state index in [0.717, 1.165) is 12.8 Å². The zero-order valence-electron chi connectivity index (χ0n) is 21.2. The molecule has 0 bridgehead atoms. The molecule has 6 unspecified atom stereocenters. The Labute approximate surface area is 191 Å². The summed E-state index contributed by atoms with van der Waals surface area (Å²) in [5.74, 6) is 4.30. The smallest absolute Gasteiger partial charge is 0.0616 e. The Morgan fingerprint density at radius 1 is 1.06 bits per heavy atom. The van der Waals surface area contributed by atoms with Crippen molar-refractivity contribution in [3.8, 4) is 0 Å². The number of fused-ring (bicyclic) bond motifs is 5. The monoisotopic (exact) mass is 428 g/mol. The first-order valence-corrected chi connectivity index (χ1v) is 13.2. The molecule has 10 atom stereocenters. The number of allylic oxidation sites excluding steroid dienone is 3. The minimum Gasteiger partial charge on any atom is -0.392 e. The predicted molar refractivity (Wildman–Crippen MR) is 130 cm³/mol. The maximum Gasteiger partial charge on any atom is 0.0616 e. The van der Waals surface area contributed by atoms with E-state index in [1.807, 2.05) is 7.11 Å². The van der Waals surface area contributed by atoms with Crippen molar-refractivity contribution in [3.05, 3.63) is 23.8 Å². The minimum atomic E-state index is -0.189. The van der Waals surface area contributed by atoms with Gasteiger partial charge in [-0.2, -0.15) is 0 Å². The molecule has 4 aliphatic rings. The van der Waals surface area contributed by atoms with Crippen molar-refractivity contribution in [2.75, 3.05) is 7.11 Å². The molecular weight excluding hydrogens is 380 g/mol. The average Bonchev–Trinajstić information content (AvgIpc) is 3.07. The van der Waals surface area contributed by atoms with Gasteiger partial charge >= 0.3 is 0 Å². The second-order valence-corrected chi connectivity index (χ2v) is 12.6. The number of ether oxygens (including phenoxy) is 1. The number of hydrogen-bond donors (Lipinski definition) is 1. The van der Waals surface area contributed by atoms with Gasteiger partial charge in [0.25, 0.3) is 0 Å². The van der Waals surface area contributed by atoms with Crippen LogP contribution in [0, 0.1) is 52.3 Å². The van der Waals surface area contributed by atoms with E-state index in [-0.39, 0.29) is 16.9 Å². The molecule has 4 aliphatic carbocycles. The highest BCUT2D eigenvalue weighted by Crippen LogP contribution is 2.66. The summed E-state index contributed by atoms with van der Waals surface area (Å²) >= 11 is 0. The second kappa shape index (κ2) is 8.64. The van der Waals surface area contributed by atoms with Gasteiger partial charge < -0.3 is 9.84 Å². The van der Waals surface area contributed by atoms with Gasteiger partial charge in [0.15, 0.2) is 0 Å². The van der Waals surface area contributed by atoms with E-state index < -0.39 is 0 Å². The third-order valence-electron chi connectivity index (χ3n) is 10.8. The molecule has 0 amide bonds. The molecule has 1 N–H and O–H groups in total. The van der Waals surface area contributed by atoms with Gasteiger partial charge in [0, 0.05) is 13.0 Å². The van der Waals surface area contributed by atoms with E-state index in [2.05, 4.69) is 59.8 Å². The second-order valence-electron chi connectivity index (χ2n) is 12.6.